The van der Waals surface area contributed by atoms with Gasteiger partial charge in [0.15, 0.2) is 11.5 Å². The lowest BCUT2D eigenvalue weighted by Gasteiger charge is -2.21. The molecule has 1 aliphatic heterocycles. The van der Waals surface area contributed by atoms with E-state index in [0.717, 1.165) is 24.3 Å². The molecule has 1 aromatic rings. The predicted molar refractivity (Wildman–Crippen MR) is 79.3 cm³/mol. The Balaban J connectivity index is 1.74. The largest absolute Gasteiger partial charge is 0.486 e. The van der Waals surface area contributed by atoms with Crippen molar-refractivity contribution < 1.29 is 9.47 Å². The fourth-order valence-corrected chi connectivity index (χ4v) is 4.15. The van der Waals surface area contributed by atoms with Crippen LogP contribution in [-0.2, 0) is 0 Å². The third-order valence-electron chi connectivity index (χ3n) is 3.92. The Hall–Kier alpha value is -1.34. The zero-order chi connectivity index (χ0) is 13.8. The number of hydrogen-bond acceptors (Lipinski definition) is 4. The maximum absolute atomic E-state index is 9.35. The summed E-state index contributed by atoms with van der Waals surface area (Å²) in [5, 5.41) is 9.76. The van der Waals surface area contributed by atoms with E-state index in [9.17, 15) is 5.26 Å². The van der Waals surface area contributed by atoms with Gasteiger partial charge in [-0.25, -0.2) is 0 Å². The molecule has 2 unspecified atom stereocenters. The second kappa shape index (κ2) is 6.41. The molecule has 4 heteroatoms. The summed E-state index contributed by atoms with van der Waals surface area (Å²) in [6.45, 7) is 1.24. The molecule has 2 atom stereocenters. The summed E-state index contributed by atoms with van der Waals surface area (Å²) in [6, 6.07) is 8.62. The van der Waals surface area contributed by atoms with E-state index in [1.165, 1.54) is 24.2 Å². The van der Waals surface area contributed by atoms with Crippen molar-refractivity contribution in [2.45, 2.75) is 42.2 Å². The molecular formula is C16H19NO2S. The van der Waals surface area contributed by atoms with Crippen molar-refractivity contribution in [3.63, 3.8) is 0 Å². The molecule has 0 saturated heterocycles. The Labute approximate surface area is 124 Å². The highest BCUT2D eigenvalue weighted by molar-refractivity contribution is 8.00. The minimum Gasteiger partial charge on any atom is -0.486 e. The molecular weight excluding hydrogens is 270 g/mol. The van der Waals surface area contributed by atoms with E-state index in [4.69, 9.17) is 9.47 Å². The molecule has 1 aliphatic carbocycles. The first-order valence-corrected chi connectivity index (χ1v) is 8.21. The monoisotopic (exact) mass is 289 g/mol. The first kappa shape index (κ1) is 13.6. The van der Waals surface area contributed by atoms with Crippen molar-refractivity contribution in [1.29, 1.82) is 5.26 Å². The molecule has 0 amide bonds. The number of thioether (sulfide) groups is 1. The summed E-state index contributed by atoms with van der Waals surface area (Å²) in [4.78, 5) is 1.18. The van der Waals surface area contributed by atoms with E-state index in [2.05, 4.69) is 18.2 Å². The maximum atomic E-state index is 9.35. The summed E-state index contributed by atoms with van der Waals surface area (Å²) < 4.78 is 11.2. The van der Waals surface area contributed by atoms with Crippen LogP contribution in [0.25, 0.3) is 0 Å². The van der Waals surface area contributed by atoms with Crippen LogP contribution in [0.1, 0.15) is 32.1 Å². The molecule has 106 valence electrons. The average Bonchev–Trinajstić information content (AvgIpc) is 2.72. The topological polar surface area (TPSA) is 42.2 Å². The highest BCUT2D eigenvalue weighted by atomic mass is 32.2. The van der Waals surface area contributed by atoms with Gasteiger partial charge in [0, 0.05) is 10.1 Å². The van der Waals surface area contributed by atoms with E-state index in [0.29, 0.717) is 18.5 Å². The van der Waals surface area contributed by atoms with Crippen LogP contribution < -0.4 is 9.47 Å². The van der Waals surface area contributed by atoms with E-state index >= 15 is 0 Å². The Morgan fingerprint density at radius 3 is 2.70 bits per heavy atom. The Bertz CT molecular complexity index is 512. The number of rotatable bonds is 2. The standard InChI is InChI=1S/C16H19NO2S/c17-11-12-4-2-1-3-5-16(12)20-13-6-7-14-15(10-13)19-9-8-18-14/h6-7,10,12,16H,1-5,8-9H2. The van der Waals surface area contributed by atoms with Crippen LogP contribution in [0.3, 0.4) is 0 Å². The third kappa shape index (κ3) is 3.04. The van der Waals surface area contributed by atoms with E-state index in [1.54, 1.807) is 0 Å². The van der Waals surface area contributed by atoms with Crippen molar-refractivity contribution in [2.75, 3.05) is 13.2 Å². The van der Waals surface area contributed by atoms with Gasteiger partial charge in [-0.3, -0.25) is 0 Å². The van der Waals surface area contributed by atoms with Crippen molar-refractivity contribution in [3.8, 4) is 17.6 Å². The Kier molecular flexibility index (Phi) is 4.37. The molecule has 0 bridgehead atoms. The number of benzene rings is 1. The molecule has 0 N–H and O–H groups in total. The number of nitrogens with zero attached hydrogens (tertiary/aromatic N) is 1. The molecule has 1 saturated carbocycles. The molecule has 3 nitrogen and oxygen atoms in total. The SMILES string of the molecule is N#CC1CCCCCC1Sc1ccc2c(c1)OCCO2. The van der Waals surface area contributed by atoms with E-state index < -0.39 is 0 Å². The van der Waals surface area contributed by atoms with Crippen molar-refractivity contribution in [3.05, 3.63) is 18.2 Å². The Morgan fingerprint density at radius 2 is 1.85 bits per heavy atom. The van der Waals surface area contributed by atoms with Crippen molar-refractivity contribution in [1.82, 2.24) is 0 Å². The molecule has 0 radical (unpaired) electrons. The fraction of sp³-hybridized carbons (Fsp3) is 0.562. The predicted octanol–water partition coefficient (Wildman–Crippen LogP) is 4.02. The van der Waals surface area contributed by atoms with Gasteiger partial charge in [-0.15, -0.1) is 11.8 Å². The second-order valence-electron chi connectivity index (χ2n) is 5.34. The minimum absolute atomic E-state index is 0.177. The van der Waals surface area contributed by atoms with Crippen LogP contribution in [-0.4, -0.2) is 18.5 Å². The van der Waals surface area contributed by atoms with Crippen molar-refractivity contribution in [2.24, 2.45) is 5.92 Å². The molecule has 0 spiro atoms. The van der Waals surface area contributed by atoms with Gasteiger partial charge in [-0.05, 0) is 31.0 Å². The van der Waals surface area contributed by atoms with Crippen LogP contribution in [0.4, 0.5) is 0 Å². The van der Waals surface area contributed by atoms with Gasteiger partial charge in [0.2, 0.25) is 0 Å². The van der Waals surface area contributed by atoms with Crippen LogP contribution >= 0.6 is 11.8 Å². The molecule has 1 fully saturated rings. The summed E-state index contributed by atoms with van der Waals surface area (Å²) in [7, 11) is 0. The molecule has 1 aromatic carbocycles. The zero-order valence-corrected chi connectivity index (χ0v) is 12.3. The van der Waals surface area contributed by atoms with E-state index in [1.807, 2.05) is 17.8 Å². The molecule has 2 aliphatic rings. The van der Waals surface area contributed by atoms with Crippen LogP contribution in [0.2, 0.25) is 0 Å². The fourth-order valence-electron chi connectivity index (χ4n) is 2.83. The zero-order valence-electron chi connectivity index (χ0n) is 11.5. The summed E-state index contributed by atoms with van der Waals surface area (Å²) in [5.74, 6) is 1.84. The second-order valence-corrected chi connectivity index (χ2v) is 6.65. The van der Waals surface area contributed by atoms with Gasteiger partial charge in [0.25, 0.3) is 0 Å². The molecule has 1 heterocycles. The highest BCUT2D eigenvalue weighted by Crippen LogP contribution is 2.40. The van der Waals surface area contributed by atoms with Gasteiger partial charge in [0.05, 0.1) is 12.0 Å². The van der Waals surface area contributed by atoms with Gasteiger partial charge >= 0.3 is 0 Å². The third-order valence-corrected chi connectivity index (χ3v) is 5.31. The van der Waals surface area contributed by atoms with E-state index in [-0.39, 0.29) is 5.92 Å². The average molecular weight is 289 g/mol. The lowest BCUT2D eigenvalue weighted by molar-refractivity contribution is 0.171. The number of nitriles is 1. The number of ether oxygens (including phenoxy) is 2. The quantitative estimate of drug-likeness (QED) is 0.771. The lowest BCUT2D eigenvalue weighted by atomic mass is 10.0. The van der Waals surface area contributed by atoms with Gasteiger partial charge < -0.3 is 9.47 Å². The number of hydrogen-bond donors (Lipinski definition) is 0. The summed E-state index contributed by atoms with van der Waals surface area (Å²) >= 11 is 1.83. The summed E-state index contributed by atoms with van der Waals surface area (Å²) in [5.41, 5.74) is 0. The molecule has 20 heavy (non-hydrogen) atoms. The lowest BCUT2D eigenvalue weighted by Crippen LogP contribution is -2.16. The molecule has 3 rings (SSSR count). The van der Waals surface area contributed by atoms with Crippen LogP contribution in [0, 0.1) is 17.2 Å². The van der Waals surface area contributed by atoms with Gasteiger partial charge in [0.1, 0.15) is 13.2 Å². The highest BCUT2D eigenvalue weighted by Gasteiger charge is 2.25. The summed E-state index contributed by atoms with van der Waals surface area (Å²) in [6.07, 6.45) is 5.86. The Morgan fingerprint density at radius 1 is 1.05 bits per heavy atom. The smallest absolute Gasteiger partial charge is 0.162 e. The van der Waals surface area contributed by atoms with Crippen molar-refractivity contribution >= 4 is 11.8 Å². The minimum atomic E-state index is 0.177. The first-order chi connectivity index (χ1) is 9.86. The first-order valence-electron chi connectivity index (χ1n) is 7.33. The number of fused-ring (bicyclic) bond motifs is 1. The molecule has 0 aromatic heterocycles. The van der Waals surface area contributed by atoms with Gasteiger partial charge in [-0.2, -0.15) is 5.26 Å². The van der Waals surface area contributed by atoms with Crippen LogP contribution in [0.15, 0.2) is 23.1 Å². The van der Waals surface area contributed by atoms with Crippen LogP contribution in [0.5, 0.6) is 11.5 Å². The van der Waals surface area contributed by atoms with Gasteiger partial charge in [-0.1, -0.05) is 19.3 Å². The normalized spacial score (nSPS) is 25.6. The maximum Gasteiger partial charge on any atom is 0.162 e.